The third kappa shape index (κ3) is 1.95. The highest BCUT2D eigenvalue weighted by Gasteiger charge is 2.16. The van der Waals surface area contributed by atoms with E-state index in [1.165, 1.54) is 16.5 Å². The summed E-state index contributed by atoms with van der Waals surface area (Å²) < 4.78 is 6.49. The Morgan fingerprint density at radius 1 is 1.29 bits per heavy atom. The maximum Gasteiger partial charge on any atom is 0.134 e. The van der Waals surface area contributed by atoms with Crippen molar-refractivity contribution in [1.29, 1.82) is 0 Å². The summed E-state index contributed by atoms with van der Waals surface area (Å²) in [6.45, 7) is 2.22. The summed E-state index contributed by atoms with van der Waals surface area (Å²) >= 11 is 2.45. The van der Waals surface area contributed by atoms with E-state index in [4.69, 9.17) is 4.42 Å². The predicted molar refractivity (Wildman–Crippen MR) is 80.5 cm³/mol. The van der Waals surface area contributed by atoms with Crippen molar-refractivity contribution in [1.82, 2.24) is 0 Å². The van der Waals surface area contributed by atoms with Crippen molar-refractivity contribution in [3.05, 3.63) is 53.3 Å². The number of halogens is 1. The topological polar surface area (TPSA) is 13.1 Å². The lowest BCUT2D eigenvalue weighted by Gasteiger charge is -2.06. The van der Waals surface area contributed by atoms with E-state index in [9.17, 15) is 0 Å². The lowest BCUT2D eigenvalue weighted by molar-refractivity contribution is 0.559. The van der Waals surface area contributed by atoms with Crippen LogP contribution in [0.1, 0.15) is 18.2 Å². The van der Waals surface area contributed by atoms with Crippen molar-refractivity contribution in [2.24, 2.45) is 0 Å². The van der Waals surface area contributed by atoms with Crippen molar-refractivity contribution in [2.75, 3.05) is 0 Å². The molecule has 2 aromatic rings. The van der Waals surface area contributed by atoms with Crippen LogP contribution in [0.2, 0.25) is 0 Å². The van der Waals surface area contributed by atoms with Crippen molar-refractivity contribution < 1.29 is 4.42 Å². The van der Waals surface area contributed by atoms with Crippen LogP contribution in [0.4, 0.5) is 0 Å². The average Bonchev–Trinajstić information content (AvgIpc) is 2.53. The molecule has 0 bridgehead atoms. The summed E-state index contributed by atoms with van der Waals surface area (Å²) in [6.07, 6.45) is 7.42. The summed E-state index contributed by atoms with van der Waals surface area (Å²) in [5.74, 6) is 1.09. The zero-order valence-electron chi connectivity index (χ0n) is 9.61. The van der Waals surface area contributed by atoms with Gasteiger partial charge >= 0.3 is 0 Å². The van der Waals surface area contributed by atoms with Crippen molar-refractivity contribution >= 4 is 39.6 Å². The molecule has 86 valence electrons. The van der Waals surface area contributed by atoms with Crippen molar-refractivity contribution in [3.8, 4) is 0 Å². The molecule has 0 saturated carbocycles. The van der Waals surface area contributed by atoms with Gasteiger partial charge in [0.2, 0.25) is 0 Å². The zero-order valence-corrected chi connectivity index (χ0v) is 11.8. The Kier molecular flexibility index (Phi) is 2.82. The van der Waals surface area contributed by atoms with Crippen molar-refractivity contribution in [2.45, 2.75) is 17.3 Å². The first-order valence-corrected chi connectivity index (χ1v) is 7.02. The van der Waals surface area contributed by atoms with Crippen LogP contribution in [0, 0.1) is 0 Å². The number of furan rings is 1. The smallest absolute Gasteiger partial charge is 0.134 e. The molecule has 0 aliphatic heterocycles. The average molecular weight is 336 g/mol. The Bertz CT molecular complexity index is 617. The fourth-order valence-corrected chi connectivity index (χ4v) is 2.64. The Hall–Kier alpha value is -1.03. The minimum atomic E-state index is 0.538. The molecule has 1 aromatic carbocycles. The van der Waals surface area contributed by atoms with Crippen LogP contribution in [0.25, 0.3) is 17.0 Å². The molecule has 3 rings (SSSR count). The lowest BCUT2D eigenvalue weighted by Crippen LogP contribution is -1.99. The number of hydrogen-bond donors (Lipinski definition) is 0. The SMILES string of the molecule is CC(I)C1=CC=Cc2c(oc3ccccc23)C1. The summed E-state index contributed by atoms with van der Waals surface area (Å²) in [4.78, 5) is 0. The molecule has 1 aliphatic rings. The number of allylic oxidation sites excluding steroid dienone is 3. The van der Waals surface area contributed by atoms with Crippen molar-refractivity contribution in [3.63, 3.8) is 0 Å². The molecule has 0 N–H and O–H groups in total. The van der Waals surface area contributed by atoms with E-state index in [0.29, 0.717) is 3.92 Å². The van der Waals surface area contributed by atoms with Gasteiger partial charge in [-0.2, -0.15) is 0 Å². The van der Waals surface area contributed by atoms with Crippen LogP contribution in [0.15, 0.2) is 46.4 Å². The maximum absolute atomic E-state index is 5.96. The number of hydrogen-bond acceptors (Lipinski definition) is 1. The Morgan fingerprint density at radius 3 is 2.94 bits per heavy atom. The Labute approximate surface area is 114 Å². The minimum absolute atomic E-state index is 0.538. The van der Waals surface area contributed by atoms with Crippen LogP contribution in [-0.2, 0) is 6.42 Å². The fraction of sp³-hybridized carbons (Fsp3) is 0.200. The van der Waals surface area contributed by atoms with Gasteiger partial charge in [-0.15, -0.1) is 0 Å². The highest BCUT2D eigenvalue weighted by Crippen LogP contribution is 2.32. The molecule has 1 unspecified atom stereocenters. The van der Waals surface area contributed by atoms with Crippen LogP contribution in [-0.4, -0.2) is 3.92 Å². The molecule has 1 nitrogen and oxygen atoms in total. The summed E-state index contributed by atoms with van der Waals surface area (Å²) in [5.41, 5.74) is 3.65. The predicted octanol–water partition coefficient (Wildman–Crippen LogP) is 4.75. The quantitative estimate of drug-likeness (QED) is 0.541. The molecule has 0 saturated heterocycles. The molecule has 1 aromatic heterocycles. The zero-order chi connectivity index (χ0) is 11.8. The van der Waals surface area contributed by atoms with Crippen LogP contribution in [0.3, 0.4) is 0 Å². The maximum atomic E-state index is 5.96. The molecule has 1 atom stereocenters. The Balaban J connectivity index is 2.16. The second-order valence-electron chi connectivity index (χ2n) is 4.33. The fourth-order valence-electron chi connectivity index (χ4n) is 2.22. The van der Waals surface area contributed by atoms with E-state index in [-0.39, 0.29) is 0 Å². The van der Waals surface area contributed by atoms with Gasteiger partial charge in [0.25, 0.3) is 0 Å². The van der Waals surface area contributed by atoms with Gasteiger partial charge in [-0.3, -0.25) is 0 Å². The monoisotopic (exact) mass is 336 g/mol. The highest BCUT2D eigenvalue weighted by atomic mass is 127. The van der Waals surface area contributed by atoms with E-state index in [1.807, 2.05) is 12.1 Å². The molecular weight excluding hydrogens is 323 g/mol. The normalized spacial score (nSPS) is 16.5. The van der Waals surface area contributed by atoms with Gasteiger partial charge in [0.1, 0.15) is 11.3 Å². The lowest BCUT2D eigenvalue weighted by atomic mass is 10.1. The van der Waals surface area contributed by atoms with E-state index >= 15 is 0 Å². The van der Waals surface area contributed by atoms with E-state index in [1.54, 1.807) is 0 Å². The summed E-state index contributed by atoms with van der Waals surface area (Å²) in [6, 6.07) is 8.24. The second kappa shape index (κ2) is 4.33. The number of para-hydroxylation sites is 1. The number of fused-ring (bicyclic) bond motifs is 3. The first-order chi connectivity index (χ1) is 8.25. The summed E-state index contributed by atoms with van der Waals surface area (Å²) in [7, 11) is 0. The molecule has 0 spiro atoms. The second-order valence-corrected chi connectivity index (χ2v) is 6.20. The van der Waals surface area contributed by atoms with E-state index in [2.05, 4.69) is 59.9 Å². The third-order valence-corrected chi connectivity index (χ3v) is 3.96. The number of alkyl halides is 1. The summed E-state index contributed by atoms with van der Waals surface area (Å²) in [5, 5.41) is 1.22. The molecule has 17 heavy (non-hydrogen) atoms. The highest BCUT2D eigenvalue weighted by molar-refractivity contribution is 14.1. The van der Waals surface area contributed by atoms with Gasteiger partial charge < -0.3 is 4.42 Å². The van der Waals surface area contributed by atoms with Gasteiger partial charge in [0, 0.05) is 21.3 Å². The molecule has 0 radical (unpaired) electrons. The molecule has 1 aliphatic carbocycles. The first-order valence-electron chi connectivity index (χ1n) is 5.77. The largest absolute Gasteiger partial charge is 0.460 e. The first kappa shape index (κ1) is 11.1. The number of rotatable bonds is 1. The van der Waals surface area contributed by atoms with Gasteiger partial charge in [-0.1, -0.05) is 64.6 Å². The molecule has 1 heterocycles. The van der Waals surface area contributed by atoms with Gasteiger partial charge in [0.15, 0.2) is 0 Å². The molecular formula is C15H13IO. The standard InChI is InChI=1S/C15H13IO/c1-10(16)11-5-4-7-13-12-6-2-3-8-14(12)17-15(13)9-11/h2-8,10H,9H2,1H3. The molecule has 0 fully saturated rings. The Morgan fingerprint density at radius 2 is 2.12 bits per heavy atom. The van der Waals surface area contributed by atoms with Gasteiger partial charge in [-0.05, 0) is 13.0 Å². The van der Waals surface area contributed by atoms with Crippen LogP contribution in [0.5, 0.6) is 0 Å². The minimum Gasteiger partial charge on any atom is -0.460 e. The van der Waals surface area contributed by atoms with E-state index < -0.39 is 0 Å². The van der Waals surface area contributed by atoms with Gasteiger partial charge in [0.05, 0.1) is 0 Å². The third-order valence-electron chi connectivity index (χ3n) is 3.16. The number of benzene rings is 1. The molecule has 2 heteroatoms. The van der Waals surface area contributed by atoms with Crippen LogP contribution < -0.4 is 0 Å². The molecule has 0 amide bonds. The van der Waals surface area contributed by atoms with E-state index in [0.717, 1.165) is 17.8 Å². The van der Waals surface area contributed by atoms with Gasteiger partial charge in [-0.25, -0.2) is 0 Å². The van der Waals surface area contributed by atoms with Crippen LogP contribution >= 0.6 is 22.6 Å².